The van der Waals surface area contributed by atoms with Crippen LogP contribution < -0.4 is 5.32 Å². The number of nitrogens with zero attached hydrogens (tertiary/aromatic N) is 2. The molecule has 1 amide bonds. The molecule has 1 spiro atoms. The minimum Gasteiger partial charge on any atom is -0.364 e. The molecular weight excluding hydrogens is 338 g/mol. The molecule has 0 unspecified atom stereocenters. The number of hydrogen-bond donors (Lipinski definition) is 1. The molecule has 130 valence electrons. The van der Waals surface area contributed by atoms with E-state index in [1.54, 1.807) is 12.1 Å². The van der Waals surface area contributed by atoms with Crippen molar-refractivity contribution in [3.8, 4) is 0 Å². The fourth-order valence-corrected chi connectivity index (χ4v) is 3.82. The van der Waals surface area contributed by atoms with Crippen molar-refractivity contribution in [1.29, 1.82) is 0 Å². The Bertz CT molecular complexity index is 796. The Balaban J connectivity index is 1.45. The standard InChI is InChI=1S/C19H20ClN3O2/c1-13(18(24)22-17-7-6-15(20)10-21-17)23-9-8-19(12-23)16-5-3-2-4-14(16)11-25-19/h2-7,10,13H,8-9,11-12H2,1H3,(H,21,22,24)/t13-,19+/m0/s1. The monoisotopic (exact) mass is 357 g/mol. The molecule has 0 aliphatic carbocycles. The van der Waals surface area contributed by atoms with Crippen molar-refractivity contribution in [3.05, 3.63) is 58.7 Å². The number of carbonyl (C=O) groups excluding carboxylic acids is 1. The quantitative estimate of drug-likeness (QED) is 0.916. The summed E-state index contributed by atoms with van der Waals surface area (Å²) in [5.74, 6) is 0.441. The number of amides is 1. The lowest BCUT2D eigenvalue weighted by atomic mass is 9.92. The summed E-state index contributed by atoms with van der Waals surface area (Å²) in [6.07, 6.45) is 2.43. The van der Waals surface area contributed by atoms with Gasteiger partial charge in [-0.15, -0.1) is 0 Å². The van der Waals surface area contributed by atoms with Crippen molar-refractivity contribution in [2.75, 3.05) is 18.4 Å². The zero-order chi connectivity index (χ0) is 17.4. The second-order valence-electron chi connectivity index (χ2n) is 6.69. The Hall–Kier alpha value is -1.95. The highest BCUT2D eigenvalue weighted by molar-refractivity contribution is 6.30. The predicted molar refractivity (Wildman–Crippen MR) is 96.4 cm³/mol. The number of fused-ring (bicyclic) bond motifs is 2. The molecule has 0 bridgehead atoms. The Morgan fingerprint density at radius 3 is 3.00 bits per heavy atom. The first kappa shape index (κ1) is 16.5. The lowest BCUT2D eigenvalue weighted by Crippen LogP contribution is -2.42. The fourth-order valence-electron chi connectivity index (χ4n) is 3.71. The number of benzene rings is 1. The minimum absolute atomic E-state index is 0.0712. The molecule has 5 nitrogen and oxygen atoms in total. The van der Waals surface area contributed by atoms with Gasteiger partial charge < -0.3 is 10.1 Å². The van der Waals surface area contributed by atoms with Crippen LogP contribution in [0.4, 0.5) is 5.82 Å². The highest BCUT2D eigenvalue weighted by Gasteiger charge is 2.47. The number of likely N-dealkylation sites (tertiary alicyclic amines) is 1. The maximum atomic E-state index is 12.6. The summed E-state index contributed by atoms with van der Waals surface area (Å²) in [5.41, 5.74) is 2.25. The predicted octanol–water partition coefficient (Wildman–Crippen LogP) is 3.19. The summed E-state index contributed by atoms with van der Waals surface area (Å²) < 4.78 is 6.16. The molecular formula is C19H20ClN3O2. The van der Waals surface area contributed by atoms with E-state index in [9.17, 15) is 4.79 Å². The van der Waals surface area contributed by atoms with Gasteiger partial charge in [0.1, 0.15) is 11.4 Å². The number of aromatic nitrogens is 1. The second-order valence-corrected chi connectivity index (χ2v) is 7.12. The molecule has 2 aliphatic heterocycles. The van der Waals surface area contributed by atoms with Crippen LogP contribution in [0, 0.1) is 0 Å². The summed E-state index contributed by atoms with van der Waals surface area (Å²) in [6.45, 7) is 4.13. The summed E-state index contributed by atoms with van der Waals surface area (Å²) in [4.78, 5) is 18.9. The SMILES string of the molecule is C[C@@H](C(=O)Nc1ccc(Cl)cn1)N1CC[C@]2(C1)OCc1ccccc12. The van der Waals surface area contributed by atoms with Gasteiger partial charge in [-0.3, -0.25) is 9.69 Å². The van der Waals surface area contributed by atoms with Gasteiger partial charge in [-0.25, -0.2) is 4.98 Å². The van der Waals surface area contributed by atoms with Crippen molar-refractivity contribution in [3.63, 3.8) is 0 Å². The maximum absolute atomic E-state index is 12.6. The first-order chi connectivity index (χ1) is 12.1. The van der Waals surface area contributed by atoms with Gasteiger partial charge in [-0.2, -0.15) is 0 Å². The largest absolute Gasteiger partial charge is 0.364 e. The Morgan fingerprint density at radius 2 is 2.20 bits per heavy atom. The van der Waals surface area contributed by atoms with E-state index in [0.29, 0.717) is 17.4 Å². The van der Waals surface area contributed by atoms with E-state index in [-0.39, 0.29) is 17.6 Å². The minimum atomic E-state index is -0.274. The molecule has 2 atom stereocenters. The van der Waals surface area contributed by atoms with E-state index in [1.165, 1.54) is 17.3 Å². The van der Waals surface area contributed by atoms with Gasteiger partial charge in [0, 0.05) is 19.3 Å². The molecule has 1 aromatic carbocycles. The van der Waals surface area contributed by atoms with Crippen LogP contribution in [0.25, 0.3) is 0 Å². The topological polar surface area (TPSA) is 54.5 Å². The molecule has 2 aliphatic rings. The van der Waals surface area contributed by atoms with Crippen LogP contribution >= 0.6 is 11.6 Å². The van der Waals surface area contributed by atoms with Gasteiger partial charge >= 0.3 is 0 Å². The molecule has 25 heavy (non-hydrogen) atoms. The molecule has 1 fully saturated rings. The molecule has 3 heterocycles. The van der Waals surface area contributed by atoms with Gasteiger partial charge in [-0.05, 0) is 36.6 Å². The van der Waals surface area contributed by atoms with E-state index < -0.39 is 0 Å². The molecule has 2 aromatic rings. The zero-order valence-corrected chi connectivity index (χ0v) is 14.8. The molecule has 0 radical (unpaired) electrons. The molecule has 0 saturated carbocycles. The van der Waals surface area contributed by atoms with E-state index in [0.717, 1.165) is 19.5 Å². The Labute approximate surface area is 152 Å². The maximum Gasteiger partial charge on any atom is 0.242 e. The van der Waals surface area contributed by atoms with Crippen LogP contribution in [0.2, 0.25) is 5.02 Å². The number of anilines is 1. The summed E-state index contributed by atoms with van der Waals surface area (Å²) >= 11 is 5.83. The summed E-state index contributed by atoms with van der Waals surface area (Å²) in [5, 5.41) is 3.40. The third kappa shape index (κ3) is 3.03. The lowest BCUT2D eigenvalue weighted by molar-refractivity contribution is -0.121. The molecule has 6 heteroatoms. The number of carbonyl (C=O) groups is 1. The van der Waals surface area contributed by atoms with Crippen LogP contribution in [-0.4, -0.2) is 34.9 Å². The zero-order valence-electron chi connectivity index (χ0n) is 14.0. The van der Waals surface area contributed by atoms with Crippen molar-refractivity contribution < 1.29 is 9.53 Å². The second kappa shape index (κ2) is 6.41. The van der Waals surface area contributed by atoms with Gasteiger partial charge in [0.25, 0.3) is 0 Å². The third-order valence-electron chi connectivity index (χ3n) is 5.18. The highest BCUT2D eigenvalue weighted by atomic mass is 35.5. The van der Waals surface area contributed by atoms with Crippen molar-refractivity contribution in [1.82, 2.24) is 9.88 Å². The van der Waals surface area contributed by atoms with Crippen LogP contribution in [-0.2, 0) is 21.7 Å². The highest BCUT2D eigenvalue weighted by Crippen LogP contribution is 2.43. The average Bonchev–Trinajstić information content (AvgIpc) is 3.22. The van der Waals surface area contributed by atoms with Gasteiger partial charge in [-0.1, -0.05) is 35.9 Å². The van der Waals surface area contributed by atoms with Crippen LogP contribution in [0.1, 0.15) is 24.5 Å². The molecule has 1 saturated heterocycles. The third-order valence-corrected chi connectivity index (χ3v) is 5.40. The molecule has 1 N–H and O–H groups in total. The van der Waals surface area contributed by atoms with E-state index >= 15 is 0 Å². The average molecular weight is 358 g/mol. The number of nitrogens with one attached hydrogen (secondary N) is 1. The Morgan fingerprint density at radius 1 is 1.36 bits per heavy atom. The number of halogens is 1. The summed E-state index contributed by atoms with van der Waals surface area (Å²) in [6, 6.07) is 11.5. The molecule has 4 rings (SSSR count). The summed E-state index contributed by atoms with van der Waals surface area (Å²) in [7, 11) is 0. The van der Waals surface area contributed by atoms with E-state index in [4.69, 9.17) is 16.3 Å². The van der Waals surface area contributed by atoms with Crippen LogP contribution in [0.5, 0.6) is 0 Å². The Kier molecular flexibility index (Phi) is 4.23. The van der Waals surface area contributed by atoms with Crippen LogP contribution in [0.15, 0.2) is 42.6 Å². The smallest absolute Gasteiger partial charge is 0.242 e. The van der Waals surface area contributed by atoms with Gasteiger partial charge in [0.15, 0.2) is 0 Å². The first-order valence-electron chi connectivity index (χ1n) is 8.46. The lowest BCUT2D eigenvalue weighted by Gasteiger charge is -2.27. The van der Waals surface area contributed by atoms with Gasteiger partial charge in [0.05, 0.1) is 17.7 Å². The number of ether oxygens (including phenoxy) is 1. The number of pyridine rings is 1. The van der Waals surface area contributed by atoms with Gasteiger partial charge in [0.2, 0.25) is 5.91 Å². The number of hydrogen-bond acceptors (Lipinski definition) is 4. The van der Waals surface area contributed by atoms with Crippen molar-refractivity contribution in [2.24, 2.45) is 0 Å². The first-order valence-corrected chi connectivity index (χ1v) is 8.84. The van der Waals surface area contributed by atoms with Crippen LogP contribution in [0.3, 0.4) is 0 Å². The normalized spacial score (nSPS) is 23.6. The fraction of sp³-hybridized carbons (Fsp3) is 0.368. The number of rotatable bonds is 3. The van der Waals surface area contributed by atoms with Crippen molar-refractivity contribution >= 4 is 23.3 Å². The van der Waals surface area contributed by atoms with E-state index in [1.807, 2.05) is 13.0 Å². The van der Waals surface area contributed by atoms with Crippen molar-refractivity contribution in [2.45, 2.75) is 31.6 Å². The van der Waals surface area contributed by atoms with E-state index in [2.05, 4.69) is 33.4 Å². The molecule has 1 aromatic heterocycles.